The first kappa shape index (κ1) is 11.7. The third-order valence-corrected chi connectivity index (χ3v) is 4.64. The lowest BCUT2D eigenvalue weighted by Crippen LogP contribution is -1.82. The molecule has 3 aromatic rings. The van der Waals surface area contributed by atoms with Crippen molar-refractivity contribution < 1.29 is 0 Å². The molecule has 90 valence electrons. The van der Waals surface area contributed by atoms with E-state index in [0.717, 1.165) is 26.0 Å². The maximum atomic E-state index is 6.24. The molecule has 5 heteroatoms. The van der Waals surface area contributed by atoms with Gasteiger partial charge in [0.2, 0.25) is 0 Å². The lowest BCUT2D eigenvalue weighted by atomic mass is 10.1. The Balaban J connectivity index is 2.22. The second-order valence-electron chi connectivity index (χ2n) is 3.69. The monoisotopic (exact) mass is 292 g/mol. The van der Waals surface area contributed by atoms with Gasteiger partial charge in [-0.25, -0.2) is 4.98 Å². The van der Waals surface area contributed by atoms with Crippen LogP contribution in [-0.4, -0.2) is 4.98 Å². The van der Waals surface area contributed by atoms with Crippen molar-refractivity contribution in [1.82, 2.24) is 4.98 Å². The molecule has 0 amide bonds. The molecule has 2 N–H and O–H groups in total. The van der Waals surface area contributed by atoms with Crippen LogP contribution in [0.25, 0.3) is 21.0 Å². The average Bonchev–Trinajstić information content (AvgIpc) is 2.98. The third kappa shape index (κ3) is 2.03. The van der Waals surface area contributed by atoms with Crippen molar-refractivity contribution in [3.8, 4) is 21.0 Å². The Kier molecular flexibility index (Phi) is 3.07. The average molecular weight is 293 g/mol. The molecule has 2 heterocycles. The summed E-state index contributed by atoms with van der Waals surface area (Å²) in [6.45, 7) is 0. The van der Waals surface area contributed by atoms with E-state index in [2.05, 4.69) is 4.98 Å². The van der Waals surface area contributed by atoms with E-state index in [4.69, 9.17) is 17.3 Å². The van der Waals surface area contributed by atoms with Gasteiger partial charge in [-0.3, -0.25) is 0 Å². The Morgan fingerprint density at radius 1 is 1.11 bits per heavy atom. The summed E-state index contributed by atoms with van der Waals surface area (Å²) in [5.74, 6) is 0. The number of nitrogen functional groups attached to an aromatic ring is 1. The molecule has 0 aliphatic rings. The van der Waals surface area contributed by atoms with Crippen molar-refractivity contribution in [2.45, 2.75) is 0 Å². The zero-order valence-corrected chi connectivity index (χ0v) is 11.6. The molecule has 2 aromatic heterocycles. The molecule has 0 saturated heterocycles. The molecule has 0 aliphatic carbocycles. The van der Waals surface area contributed by atoms with E-state index in [1.54, 1.807) is 11.3 Å². The molecule has 0 spiro atoms. The van der Waals surface area contributed by atoms with Crippen LogP contribution in [0.2, 0.25) is 5.02 Å². The van der Waals surface area contributed by atoms with Crippen molar-refractivity contribution in [2.24, 2.45) is 0 Å². The predicted octanol–water partition coefficient (Wildman–Crippen LogP) is 4.77. The molecular weight excluding hydrogens is 284 g/mol. The van der Waals surface area contributed by atoms with Gasteiger partial charge in [-0.05, 0) is 17.5 Å². The zero-order chi connectivity index (χ0) is 12.5. The van der Waals surface area contributed by atoms with Crippen molar-refractivity contribution in [2.75, 3.05) is 5.73 Å². The van der Waals surface area contributed by atoms with Gasteiger partial charge in [-0.15, -0.1) is 11.3 Å². The molecule has 0 saturated carbocycles. The van der Waals surface area contributed by atoms with Gasteiger partial charge in [-0.2, -0.15) is 0 Å². The summed E-state index contributed by atoms with van der Waals surface area (Å²) in [5, 5.41) is 3.31. The van der Waals surface area contributed by atoms with Gasteiger partial charge in [-0.1, -0.05) is 47.2 Å². The Labute approximate surface area is 118 Å². The highest BCUT2D eigenvalue weighted by Crippen LogP contribution is 2.41. The van der Waals surface area contributed by atoms with Crippen molar-refractivity contribution in [3.63, 3.8) is 0 Å². The highest BCUT2D eigenvalue weighted by Gasteiger charge is 2.16. The molecule has 0 radical (unpaired) electrons. The van der Waals surface area contributed by atoms with E-state index >= 15 is 0 Å². The number of halogens is 1. The second kappa shape index (κ2) is 4.72. The molecule has 0 aliphatic heterocycles. The Bertz CT molecular complexity index is 674. The molecule has 3 rings (SSSR count). The van der Waals surface area contributed by atoms with E-state index in [1.807, 2.05) is 41.8 Å². The summed E-state index contributed by atoms with van der Waals surface area (Å²) in [4.78, 5) is 6.56. The number of benzene rings is 1. The first-order chi connectivity index (χ1) is 8.75. The summed E-state index contributed by atoms with van der Waals surface area (Å²) in [7, 11) is 0. The van der Waals surface area contributed by atoms with Gasteiger partial charge in [0.25, 0.3) is 0 Å². The number of nitrogens with two attached hydrogens (primary N) is 1. The zero-order valence-electron chi connectivity index (χ0n) is 9.26. The van der Waals surface area contributed by atoms with Crippen molar-refractivity contribution in [3.05, 3.63) is 46.8 Å². The van der Waals surface area contributed by atoms with Crippen LogP contribution in [0.4, 0.5) is 5.13 Å². The molecule has 0 bridgehead atoms. The normalized spacial score (nSPS) is 10.7. The van der Waals surface area contributed by atoms with Gasteiger partial charge in [0.1, 0.15) is 5.69 Å². The van der Waals surface area contributed by atoms with Crippen molar-refractivity contribution in [1.29, 1.82) is 0 Å². The largest absolute Gasteiger partial charge is 0.375 e. The molecule has 18 heavy (non-hydrogen) atoms. The van der Waals surface area contributed by atoms with Gasteiger partial charge in [0.05, 0.1) is 9.75 Å². The van der Waals surface area contributed by atoms with E-state index in [1.165, 1.54) is 11.3 Å². The minimum Gasteiger partial charge on any atom is -0.375 e. The first-order valence-corrected chi connectivity index (χ1v) is 7.38. The summed E-state index contributed by atoms with van der Waals surface area (Å²) < 4.78 is 0. The highest BCUT2D eigenvalue weighted by molar-refractivity contribution is 7.20. The van der Waals surface area contributed by atoms with Gasteiger partial charge in [0, 0.05) is 10.6 Å². The lowest BCUT2D eigenvalue weighted by molar-refractivity contribution is 1.43. The van der Waals surface area contributed by atoms with Crippen LogP contribution in [0.15, 0.2) is 41.8 Å². The van der Waals surface area contributed by atoms with Crippen LogP contribution in [0.5, 0.6) is 0 Å². The lowest BCUT2D eigenvalue weighted by Gasteiger charge is -2.02. The molecule has 0 fully saturated rings. The molecule has 0 unspecified atom stereocenters. The van der Waals surface area contributed by atoms with Gasteiger partial charge < -0.3 is 5.73 Å². The van der Waals surface area contributed by atoms with Crippen LogP contribution >= 0.6 is 34.3 Å². The number of nitrogens with zero attached hydrogens (tertiary/aromatic N) is 1. The van der Waals surface area contributed by atoms with E-state index in [-0.39, 0.29) is 0 Å². The van der Waals surface area contributed by atoms with Crippen LogP contribution in [0, 0.1) is 0 Å². The maximum Gasteiger partial charge on any atom is 0.181 e. The standard InChI is InChI=1S/C13H9ClN2S2/c14-9-5-2-1-4-8(9)12-11(16-13(15)18-12)10-6-3-7-17-10/h1-7H,(H2,15,16). The van der Waals surface area contributed by atoms with Crippen molar-refractivity contribution >= 4 is 39.4 Å². The summed E-state index contributed by atoms with van der Waals surface area (Å²) in [6, 6.07) is 11.8. The van der Waals surface area contributed by atoms with Gasteiger partial charge in [0.15, 0.2) is 5.13 Å². The second-order valence-corrected chi connectivity index (χ2v) is 6.07. The van der Waals surface area contributed by atoms with E-state index < -0.39 is 0 Å². The SMILES string of the molecule is Nc1nc(-c2cccs2)c(-c2ccccc2Cl)s1. The minimum atomic E-state index is 0.563. The molecule has 0 atom stereocenters. The number of thiophene rings is 1. The smallest absolute Gasteiger partial charge is 0.181 e. The summed E-state index contributed by atoms with van der Waals surface area (Å²) >= 11 is 9.36. The number of aromatic nitrogens is 1. The number of anilines is 1. The van der Waals surface area contributed by atoms with E-state index in [9.17, 15) is 0 Å². The Hall–Kier alpha value is -1.36. The topological polar surface area (TPSA) is 38.9 Å². The van der Waals surface area contributed by atoms with Crippen LogP contribution in [-0.2, 0) is 0 Å². The quantitative estimate of drug-likeness (QED) is 0.738. The Morgan fingerprint density at radius 2 is 1.94 bits per heavy atom. The first-order valence-electron chi connectivity index (χ1n) is 5.31. The third-order valence-electron chi connectivity index (χ3n) is 2.52. The summed E-state index contributed by atoms with van der Waals surface area (Å²) in [5.41, 5.74) is 7.74. The fraction of sp³-hybridized carbons (Fsp3) is 0. The van der Waals surface area contributed by atoms with E-state index in [0.29, 0.717) is 5.13 Å². The maximum absolute atomic E-state index is 6.24. The van der Waals surface area contributed by atoms with Crippen LogP contribution < -0.4 is 5.73 Å². The predicted molar refractivity (Wildman–Crippen MR) is 80.3 cm³/mol. The van der Waals surface area contributed by atoms with Gasteiger partial charge >= 0.3 is 0 Å². The number of rotatable bonds is 2. The highest BCUT2D eigenvalue weighted by atomic mass is 35.5. The number of thiazole rings is 1. The minimum absolute atomic E-state index is 0.563. The number of hydrogen-bond donors (Lipinski definition) is 1. The molecule has 2 nitrogen and oxygen atoms in total. The number of hydrogen-bond acceptors (Lipinski definition) is 4. The fourth-order valence-electron chi connectivity index (χ4n) is 1.74. The van der Waals surface area contributed by atoms with Crippen LogP contribution in [0.1, 0.15) is 0 Å². The Morgan fingerprint density at radius 3 is 2.67 bits per heavy atom. The fourth-order valence-corrected chi connectivity index (χ4v) is 3.70. The molecular formula is C13H9ClN2S2. The summed E-state index contributed by atoms with van der Waals surface area (Å²) in [6.07, 6.45) is 0. The molecule has 1 aromatic carbocycles. The van der Waals surface area contributed by atoms with Crippen LogP contribution in [0.3, 0.4) is 0 Å².